The molecule has 0 fully saturated rings. The lowest BCUT2D eigenvalue weighted by molar-refractivity contribution is 0.102. The van der Waals surface area contributed by atoms with Crippen molar-refractivity contribution in [2.45, 2.75) is 0 Å². The zero-order valence-corrected chi connectivity index (χ0v) is 15.5. The van der Waals surface area contributed by atoms with Crippen molar-refractivity contribution < 1.29 is 14.3 Å². The first-order valence-electron chi connectivity index (χ1n) is 8.17. The highest BCUT2D eigenvalue weighted by Gasteiger charge is 2.13. The number of aromatic amines is 1. The number of carbonyl (C=O) groups is 1. The van der Waals surface area contributed by atoms with Gasteiger partial charge in [0.05, 0.1) is 30.8 Å². The largest absolute Gasteiger partial charge is 0.497 e. The first-order valence-corrected chi connectivity index (χ1v) is 9.05. The second-order valence-corrected chi connectivity index (χ2v) is 6.81. The molecule has 6 nitrogen and oxygen atoms in total. The number of ether oxygens (including phenoxy) is 2. The first-order chi connectivity index (χ1) is 13.1. The topological polar surface area (TPSA) is 80.4 Å². The van der Waals surface area contributed by atoms with E-state index in [4.69, 9.17) is 9.47 Å². The summed E-state index contributed by atoms with van der Waals surface area (Å²) in [6.45, 7) is 0. The number of methoxy groups -OCH3 is 2. The van der Waals surface area contributed by atoms with Crippen LogP contribution >= 0.6 is 11.3 Å². The van der Waals surface area contributed by atoms with E-state index in [1.807, 2.05) is 11.4 Å². The Balaban J connectivity index is 1.71. The Labute approximate surface area is 158 Å². The Hall–Kier alpha value is -3.32. The second-order valence-electron chi connectivity index (χ2n) is 5.90. The quantitative estimate of drug-likeness (QED) is 0.561. The molecule has 2 heterocycles. The number of carbonyl (C=O) groups excluding carboxylic acids is 1. The van der Waals surface area contributed by atoms with E-state index in [-0.39, 0.29) is 11.5 Å². The number of nitrogens with one attached hydrogen (secondary N) is 2. The maximum absolute atomic E-state index is 12.7. The minimum atomic E-state index is -0.299. The first kappa shape index (κ1) is 17.1. The molecule has 0 saturated carbocycles. The number of thiophene rings is 1. The molecular weight excluding hydrogens is 364 g/mol. The third kappa shape index (κ3) is 3.02. The summed E-state index contributed by atoms with van der Waals surface area (Å²) in [6.07, 6.45) is 0. The number of aromatic nitrogens is 1. The standard InChI is InChI=1S/C20H16N2O4S/c1-25-12-4-6-15(17(10-12)26-2)21-19(23)11-3-5-13-16(9-11)22-20(24)14-7-8-27-18(13)14/h3-10H,1-2H3,(H,21,23)(H,22,24). The maximum atomic E-state index is 12.7. The van der Waals surface area contributed by atoms with Crippen LogP contribution in [0.25, 0.3) is 21.0 Å². The van der Waals surface area contributed by atoms with Crippen molar-refractivity contribution in [3.05, 3.63) is 63.8 Å². The summed E-state index contributed by atoms with van der Waals surface area (Å²) in [7, 11) is 3.09. The Morgan fingerprint density at radius 3 is 2.67 bits per heavy atom. The van der Waals surface area contributed by atoms with Gasteiger partial charge in [0.15, 0.2) is 0 Å². The van der Waals surface area contributed by atoms with Crippen molar-refractivity contribution in [2.75, 3.05) is 19.5 Å². The highest BCUT2D eigenvalue weighted by atomic mass is 32.1. The van der Waals surface area contributed by atoms with Crippen LogP contribution in [-0.4, -0.2) is 25.1 Å². The molecule has 0 aliphatic heterocycles. The van der Waals surface area contributed by atoms with Gasteiger partial charge in [0.1, 0.15) is 11.5 Å². The molecule has 136 valence electrons. The minimum absolute atomic E-state index is 0.159. The maximum Gasteiger partial charge on any atom is 0.257 e. The molecule has 0 spiro atoms. The van der Waals surface area contributed by atoms with Crippen molar-refractivity contribution in [3.8, 4) is 11.5 Å². The summed E-state index contributed by atoms with van der Waals surface area (Å²) in [4.78, 5) is 27.7. The summed E-state index contributed by atoms with van der Waals surface area (Å²) in [5, 5.41) is 6.29. The number of hydrogen-bond acceptors (Lipinski definition) is 5. The molecular formula is C20H16N2O4S. The molecule has 0 aliphatic carbocycles. The van der Waals surface area contributed by atoms with Gasteiger partial charge in [-0.1, -0.05) is 6.07 Å². The molecule has 4 aromatic rings. The van der Waals surface area contributed by atoms with Crippen LogP contribution in [0, 0.1) is 0 Å². The number of pyridine rings is 1. The van der Waals surface area contributed by atoms with E-state index >= 15 is 0 Å². The molecule has 0 radical (unpaired) electrons. The van der Waals surface area contributed by atoms with Gasteiger partial charge in [0.2, 0.25) is 0 Å². The van der Waals surface area contributed by atoms with Crippen LogP contribution in [0.2, 0.25) is 0 Å². The van der Waals surface area contributed by atoms with Crippen LogP contribution in [0.15, 0.2) is 52.6 Å². The fraction of sp³-hybridized carbons (Fsp3) is 0.100. The van der Waals surface area contributed by atoms with Crippen LogP contribution in [0.1, 0.15) is 10.4 Å². The lowest BCUT2D eigenvalue weighted by Gasteiger charge is -2.12. The Morgan fingerprint density at radius 2 is 1.89 bits per heavy atom. The predicted molar refractivity (Wildman–Crippen MR) is 107 cm³/mol. The minimum Gasteiger partial charge on any atom is -0.497 e. The number of hydrogen-bond donors (Lipinski definition) is 2. The average Bonchev–Trinajstić information content (AvgIpc) is 3.18. The lowest BCUT2D eigenvalue weighted by atomic mass is 10.1. The predicted octanol–water partition coefficient (Wildman–Crippen LogP) is 4.01. The molecule has 0 unspecified atom stereocenters. The number of amides is 1. The van der Waals surface area contributed by atoms with Crippen LogP contribution in [0.4, 0.5) is 5.69 Å². The highest BCUT2D eigenvalue weighted by molar-refractivity contribution is 7.18. The third-order valence-corrected chi connectivity index (χ3v) is 5.29. The van der Waals surface area contributed by atoms with Gasteiger partial charge in [-0.15, -0.1) is 11.3 Å². The normalized spacial score (nSPS) is 10.9. The number of rotatable bonds is 4. The molecule has 0 saturated heterocycles. The van der Waals surface area contributed by atoms with Crippen LogP contribution < -0.4 is 20.3 Å². The Bertz CT molecular complexity index is 1230. The lowest BCUT2D eigenvalue weighted by Crippen LogP contribution is -2.13. The number of benzene rings is 2. The Morgan fingerprint density at radius 1 is 1.04 bits per heavy atom. The molecule has 2 N–H and O–H groups in total. The number of fused-ring (bicyclic) bond motifs is 3. The highest BCUT2D eigenvalue weighted by Crippen LogP contribution is 2.30. The van der Waals surface area contributed by atoms with Crippen molar-refractivity contribution in [1.82, 2.24) is 4.98 Å². The SMILES string of the molecule is COc1ccc(NC(=O)c2ccc3c(c2)[nH]c(=O)c2ccsc23)c(OC)c1. The fourth-order valence-electron chi connectivity index (χ4n) is 2.97. The summed E-state index contributed by atoms with van der Waals surface area (Å²) in [6, 6.07) is 12.2. The van der Waals surface area contributed by atoms with Crippen LogP contribution in [0.3, 0.4) is 0 Å². The monoisotopic (exact) mass is 380 g/mol. The fourth-order valence-corrected chi connectivity index (χ4v) is 3.90. The summed E-state index contributed by atoms with van der Waals surface area (Å²) in [5.41, 5.74) is 1.44. The van der Waals surface area contributed by atoms with Crippen LogP contribution in [-0.2, 0) is 0 Å². The molecule has 0 bridgehead atoms. The van der Waals surface area contributed by atoms with Gasteiger partial charge >= 0.3 is 0 Å². The molecule has 0 aliphatic rings. The van der Waals surface area contributed by atoms with E-state index in [9.17, 15) is 9.59 Å². The van der Waals surface area contributed by atoms with Crippen molar-refractivity contribution in [2.24, 2.45) is 0 Å². The number of H-pyrrole nitrogens is 1. The van der Waals surface area contributed by atoms with Crippen molar-refractivity contribution in [1.29, 1.82) is 0 Å². The van der Waals surface area contributed by atoms with Gasteiger partial charge in [0, 0.05) is 21.7 Å². The summed E-state index contributed by atoms with van der Waals surface area (Å²) >= 11 is 1.51. The number of anilines is 1. The average molecular weight is 380 g/mol. The van der Waals surface area contributed by atoms with E-state index in [1.54, 1.807) is 43.5 Å². The molecule has 2 aromatic heterocycles. The molecule has 7 heteroatoms. The zero-order valence-electron chi connectivity index (χ0n) is 14.7. The van der Waals surface area contributed by atoms with E-state index in [0.29, 0.717) is 33.7 Å². The molecule has 0 atom stereocenters. The molecule has 1 amide bonds. The second kappa shape index (κ2) is 6.77. The van der Waals surface area contributed by atoms with E-state index in [2.05, 4.69) is 10.3 Å². The smallest absolute Gasteiger partial charge is 0.257 e. The summed E-state index contributed by atoms with van der Waals surface area (Å²) < 4.78 is 11.4. The van der Waals surface area contributed by atoms with E-state index < -0.39 is 0 Å². The summed E-state index contributed by atoms with van der Waals surface area (Å²) in [5.74, 6) is 0.831. The molecule has 2 aromatic carbocycles. The van der Waals surface area contributed by atoms with Crippen LogP contribution in [0.5, 0.6) is 11.5 Å². The molecule has 27 heavy (non-hydrogen) atoms. The van der Waals surface area contributed by atoms with E-state index in [1.165, 1.54) is 18.4 Å². The van der Waals surface area contributed by atoms with Crippen molar-refractivity contribution >= 4 is 43.9 Å². The van der Waals surface area contributed by atoms with Gasteiger partial charge in [-0.3, -0.25) is 9.59 Å². The molecule has 4 rings (SSSR count). The van der Waals surface area contributed by atoms with Gasteiger partial charge in [-0.05, 0) is 35.7 Å². The van der Waals surface area contributed by atoms with E-state index in [0.717, 1.165) is 10.1 Å². The Kier molecular flexibility index (Phi) is 4.29. The van der Waals surface area contributed by atoms with Gasteiger partial charge in [-0.25, -0.2) is 0 Å². The third-order valence-electron chi connectivity index (χ3n) is 4.34. The van der Waals surface area contributed by atoms with Gasteiger partial charge in [-0.2, -0.15) is 0 Å². The van der Waals surface area contributed by atoms with Gasteiger partial charge < -0.3 is 19.8 Å². The van der Waals surface area contributed by atoms with Crippen molar-refractivity contribution in [3.63, 3.8) is 0 Å². The zero-order chi connectivity index (χ0) is 19.0. The van der Waals surface area contributed by atoms with Gasteiger partial charge in [0.25, 0.3) is 11.5 Å².